The summed E-state index contributed by atoms with van der Waals surface area (Å²) in [5, 5.41) is 0. The first-order chi connectivity index (χ1) is 12.8. The van der Waals surface area contributed by atoms with Crippen LogP contribution in [0.5, 0.6) is 0 Å². The first kappa shape index (κ1) is 26.9. The molecular weight excluding hydrogens is 378 g/mol. The van der Waals surface area contributed by atoms with Crippen LogP contribution in [-0.2, 0) is 33.4 Å². The Morgan fingerprint density at radius 2 is 0.966 bits per heavy atom. The van der Waals surface area contributed by atoms with Crippen LogP contribution in [0.15, 0.2) is 0 Å². The van der Waals surface area contributed by atoms with Crippen molar-refractivity contribution in [3.8, 4) is 0 Å². The lowest BCUT2D eigenvalue weighted by Crippen LogP contribution is -2.51. The molecule has 0 rings (SSSR count). The van der Waals surface area contributed by atoms with E-state index >= 15 is 0 Å². The lowest BCUT2D eigenvalue weighted by Gasteiger charge is -2.35. The zero-order valence-electron chi connectivity index (χ0n) is 19.7. The third-order valence-electron chi connectivity index (χ3n) is 3.79. The molecule has 0 bridgehead atoms. The second kappa shape index (κ2) is 9.59. The molecule has 0 heterocycles. The Bertz CT molecular complexity index is 586. The molecule has 0 aromatic carbocycles. The Hall–Kier alpha value is -2.12. The van der Waals surface area contributed by atoms with Gasteiger partial charge in [-0.3, -0.25) is 24.1 Å². The van der Waals surface area contributed by atoms with E-state index in [1.165, 1.54) is 13.8 Å². The highest BCUT2D eigenvalue weighted by atomic mass is 16.6. The van der Waals surface area contributed by atoms with E-state index in [0.29, 0.717) is 0 Å². The van der Waals surface area contributed by atoms with Gasteiger partial charge < -0.3 is 14.2 Å². The molecule has 29 heavy (non-hydrogen) atoms. The van der Waals surface area contributed by atoms with Crippen LogP contribution in [0.4, 0.5) is 0 Å². The molecule has 2 atom stereocenters. The van der Waals surface area contributed by atoms with Gasteiger partial charge in [-0.25, -0.2) is 0 Å². The summed E-state index contributed by atoms with van der Waals surface area (Å²) < 4.78 is 15.9. The molecule has 8 nitrogen and oxygen atoms in total. The largest absolute Gasteiger partial charge is 0.455 e. The summed E-state index contributed by atoms with van der Waals surface area (Å²) in [5.41, 5.74) is -2.35. The zero-order valence-corrected chi connectivity index (χ0v) is 19.7. The highest BCUT2D eigenvalue weighted by molar-refractivity contribution is 5.83. The number of rotatable bonds is 6. The topological polar surface area (TPSA) is 99.2 Å². The molecule has 0 spiro atoms. The van der Waals surface area contributed by atoms with Gasteiger partial charge in [0.05, 0.1) is 16.2 Å². The fourth-order valence-electron chi connectivity index (χ4n) is 1.90. The maximum absolute atomic E-state index is 12.8. The van der Waals surface area contributed by atoms with Gasteiger partial charge in [-0.2, -0.15) is 0 Å². The van der Waals surface area contributed by atoms with Gasteiger partial charge in [0.15, 0.2) is 19.1 Å². The predicted molar refractivity (Wildman–Crippen MR) is 107 cm³/mol. The van der Waals surface area contributed by atoms with Crippen molar-refractivity contribution in [2.24, 2.45) is 16.2 Å². The minimum Gasteiger partial charge on any atom is -0.455 e. The summed E-state index contributed by atoms with van der Waals surface area (Å²) in [7, 11) is 0. The Labute approximate surface area is 174 Å². The number of carbonyl (C=O) groups excluding carboxylic acids is 4. The van der Waals surface area contributed by atoms with Gasteiger partial charge in [-0.05, 0) is 76.2 Å². The molecule has 0 saturated heterocycles. The number of hydrogen-bond acceptors (Lipinski definition) is 7. The zero-order chi connectivity index (χ0) is 23.4. The van der Waals surface area contributed by atoms with Gasteiger partial charge in [0.1, 0.15) is 0 Å². The molecule has 1 amide bonds. The van der Waals surface area contributed by atoms with Crippen LogP contribution in [0.1, 0.15) is 76.2 Å². The predicted octanol–water partition coefficient (Wildman–Crippen LogP) is 3.27. The number of esters is 3. The summed E-state index contributed by atoms with van der Waals surface area (Å²) >= 11 is 0. The van der Waals surface area contributed by atoms with Gasteiger partial charge in [0, 0.05) is 0 Å². The van der Waals surface area contributed by atoms with E-state index in [0.717, 1.165) is 4.90 Å². The summed E-state index contributed by atoms with van der Waals surface area (Å²) in [6, 6.07) is 0. The second-order valence-electron chi connectivity index (χ2n) is 10.1. The first-order valence-electron chi connectivity index (χ1n) is 9.69. The van der Waals surface area contributed by atoms with Crippen molar-refractivity contribution in [2.75, 3.05) is 6.61 Å². The van der Waals surface area contributed by atoms with Crippen LogP contribution in [0, 0.1) is 16.2 Å². The van der Waals surface area contributed by atoms with Gasteiger partial charge in [-0.15, -0.1) is 0 Å². The van der Waals surface area contributed by atoms with Crippen LogP contribution < -0.4 is 0 Å². The average Bonchev–Trinajstić information content (AvgIpc) is 2.49. The Morgan fingerprint density at radius 1 is 0.655 bits per heavy atom. The number of amides is 1. The molecule has 0 aliphatic carbocycles. The summed E-state index contributed by atoms with van der Waals surface area (Å²) in [4.78, 5) is 50.4. The van der Waals surface area contributed by atoms with Crippen LogP contribution in [0.2, 0.25) is 0 Å². The number of hydrogen-bond donors (Lipinski definition) is 0. The highest BCUT2D eigenvalue weighted by Gasteiger charge is 2.36. The minimum atomic E-state index is -1.04. The maximum Gasteiger partial charge on any atom is 0.313 e. The summed E-state index contributed by atoms with van der Waals surface area (Å²) in [6.07, 6.45) is -2.07. The Kier molecular flexibility index (Phi) is 8.89. The van der Waals surface area contributed by atoms with Crippen molar-refractivity contribution < 1.29 is 33.4 Å². The minimum absolute atomic E-state index is 0.524. The van der Waals surface area contributed by atoms with Gasteiger partial charge >= 0.3 is 17.9 Å². The van der Waals surface area contributed by atoms with Gasteiger partial charge in [0.2, 0.25) is 0 Å². The van der Waals surface area contributed by atoms with E-state index in [2.05, 4.69) is 0 Å². The first-order valence-corrected chi connectivity index (χ1v) is 9.69. The third kappa shape index (κ3) is 8.83. The average molecular weight is 416 g/mol. The Morgan fingerprint density at radius 3 is 1.24 bits per heavy atom. The molecule has 0 aromatic rings. The van der Waals surface area contributed by atoms with Crippen LogP contribution in [-0.4, -0.2) is 47.8 Å². The molecule has 0 fully saturated rings. The molecule has 0 saturated carbocycles. The number of nitrogens with zero attached hydrogens (tertiary/aromatic N) is 1. The van der Waals surface area contributed by atoms with Crippen molar-refractivity contribution in [2.45, 2.75) is 88.6 Å². The van der Waals surface area contributed by atoms with Crippen LogP contribution >= 0.6 is 0 Å². The third-order valence-corrected chi connectivity index (χ3v) is 3.79. The lowest BCUT2D eigenvalue weighted by molar-refractivity contribution is -0.196. The molecule has 0 aliphatic rings. The summed E-state index contributed by atoms with van der Waals surface area (Å²) in [6.45, 7) is 17.5. The van der Waals surface area contributed by atoms with E-state index in [4.69, 9.17) is 14.2 Å². The van der Waals surface area contributed by atoms with Crippen molar-refractivity contribution in [1.29, 1.82) is 0 Å². The smallest absolute Gasteiger partial charge is 0.313 e. The molecule has 0 N–H and O–H groups in total. The van der Waals surface area contributed by atoms with Crippen molar-refractivity contribution in [3.63, 3.8) is 0 Å². The van der Waals surface area contributed by atoms with Crippen LogP contribution in [0.3, 0.4) is 0 Å². The van der Waals surface area contributed by atoms with E-state index in [1.807, 2.05) is 0 Å². The van der Waals surface area contributed by atoms with E-state index < -0.39 is 59.1 Å². The monoisotopic (exact) mass is 415 g/mol. The molecule has 0 aliphatic heterocycles. The molecular formula is C21H37NO7. The van der Waals surface area contributed by atoms with Gasteiger partial charge in [0.25, 0.3) is 5.91 Å². The van der Waals surface area contributed by atoms with Crippen molar-refractivity contribution in [1.82, 2.24) is 4.90 Å². The number of carbonyl (C=O) groups is 4. The van der Waals surface area contributed by atoms with Gasteiger partial charge in [-0.1, -0.05) is 0 Å². The number of ether oxygens (including phenoxy) is 3. The molecule has 2 unspecified atom stereocenters. The fraction of sp³-hybridized carbons (Fsp3) is 0.810. The van der Waals surface area contributed by atoms with E-state index in [9.17, 15) is 19.2 Å². The van der Waals surface area contributed by atoms with Crippen LogP contribution in [0.25, 0.3) is 0 Å². The Balaban J connectivity index is 5.52. The maximum atomic E-state index is 12.8. The summed E-state index contributed by atoms with van der Waals surface area (Å²) in [5.74, 6) is -2.25. The molecule has 8 heteroatoms. The molecule has 168 valence electrons. The SMILES string of the molecule is CC(OC(=O)C(C)(C)C)N(C(=O)COC(=O)C(C)(C)C)C(C)OC(=O)C(C)(C)C. The van der Waals surface area contributed by atoms with E-state index in [-0.39, 0.29) is 0 Å². The van der Waals surface area contributed by atoms with Crippen molar-refractivity contribution >= 4 is 23.8 Å². The molecule has 0 radical (unpaired) electrons. The quantitative estimate of drug-likeness (QED) is 0.373. The molecule has 0 aromatic heterocycles. The second-order valence-corrected chi connectivity index (χ2v) is 10.1. The highest BCUT2D eigenvalue weighted by Crippen LogP contribution is 2.22. The van der Waals surface area contributed by atoms with E-state index in [1.54, 1.807) is 62.3 Å². The standard InChI is InChI=1S/C21H37NO7/c1-13(28-17(25)20(6,7)8)22(14(2)29-18(26)21(9,10)11)15(23)12-27-16(24)19(3,4)5/h13-14H,12H2,1-11H3. The fourth-order valence-corrected chi connectivity index (χ4v) is 1.90. The van der Waals surface area contributed by atoms with Crippen molar-refractivity contribution in [3.05, 3.63) is 0 Å². The normalized spacial score (nSPS) is 14.4. The lowest BCUT2D eigenvalue weighted by atomic mass is 9.97.